The molecule has 0 aliphatic heterocycles. The normalized spacial score (nSPS) is 19.0. The van der Waals surface area contributed by atoms with E-state index in [1.54, 1.807) is 0 Å². The Balaban J connectivity index is 4.49. The van der Waals surface area contributed by atoms with Crippen LogP contribution in [0.25, 0.3) is 0 Å². The average Bonchev–Trinajstić information content (AvgIpc) is 2.15. The van der Waals surface area contributed by atoms with Gasteiger partial charge in [-0.3, -0.25) is 4.90 Å². The van der Waals surface area contributed by atoms with E-state index in [1.165, 1.54) is 6.42 Å². The van der Waals surface area contributed by atoms with Gasteiger partial charge in [0.15, 0.2) is 0 Å². The molecule has 1 N–H and O–H groups in total. The van der Waals surface area contributed by atoms with Gasteiger partial charge in [0, 0.05) is 18.1 Å². The monoisotopic (exact) mass is 214 g/mol. The van der Waals surface area contributed by atoms with Crippen molar-refractivity contribution in [2.75, 3.05) is 14.1 Å². The van der Waals surface area contributed by atoms with Gasteiger partial charge in [-0.1, -0.05) is 27.7 Å². The molecule has 0 bridgehead atoms. The predicted octanol–water partition coefficient (Wildman–Crippen LogP) is 2.74. The second-order valence-electron chi connectivity index (χ2n) is 5.75. The lowest BCUT2D eigenvalue weighted by Gasteiger charge is -2.41. The van der Waals surface area contributed by atoms with E-state index in [9.17, 15) is 0 Å². The Morgan fingerprint density at radius 1 is 1.20 bits per heavy atom. The molecule has 0 aromatic carbocycles. The Kier molecular flexibility index (Phi) is 5.82. The molecular weight excluding hydrogens is 184 g/mol. The van der Waals surface area contributed by atoms with E-state index in [4.69, 9.17) is 0 Å². The van der Waals surface area contributed by atoms with Crippen molar-refractivity contribution in [1.82, 2.24) is 10.2 Å². The first-order chi connectivity index (χ1) is 6.75. The molecule has 0 saturated heterocycles. The smallest absolute Gasteiger partial charge is 0.0220 e. The molecule has 2 heteroatoms. The molecule has 3 atom stereocenters. The number of nitrogens with one attached hydrogen (secondary N) is 1. The lowest BCUT2D eigenvalue weighted by atomic mass is 9.86. The van der Waals surface area contributed by atoms with Gasteiger partial charge >= 0.3 is 0 Å². The van der Waals surface area contributed by atoms with E-state index in [1.807, 2.05) is 0 Å². The molecule has 0 aliphatic carbocycles. The highest BCUT2D eigenvalue weighted by Gasteiger charge is 2.29. The van der Waals surface area contributed by atoms with Gasteiger partial charge in [-0.05, 0) is 39.8 Å². The summed E-state index contributed by atoms with van der Waals surface area (Å²) in [6.45, 7) is 13.8. The molecule has 92 valence electrons. The molecule has 2 nitrogen and oxygen atoms in total. The number of nitrogens with zero attached hydrogens (tertiary/aromatic N) is 1. The van der Waals surface area contributed by atoms with Crippen LogP contribution in [0.4, 0.5) is 0 Å². The molecule has 0 aromatic rings. The van der Waals surface area contributed by atoms with Gasteiger partial charge in [-0.2, -0.15) is 0 Å². The van der Waals surface area contributed by atoms with Crippen LogP contribution in [0.5, 0.6) is 0 Å². The number of likely N-dealkylation sites (N-methyl/N-ethyl adjacent to an activating group) is 2. The third-order valence-electron chi connectivity index (χ3n) is 3.90. The zero-order valence-electron chi connectivity index (χ0n) is 11.9. The maximum atomic E-state index is 3.40. The SMILES string of the molecule is CCC(NC)C(C)N(C)C(C)C(C)(C)C. The Hall–Kier alpha value is -0.0800. The molecule has 0 aliphatic rings. The zero-order chi connectivity index (χ0) is 12.2. The molecular formula is C13H30N2. The van der Waals surface area contributed by atoms with Crippen LogP contribution in [0.2, 0.25) is 0 Å². The summed E-state index contributed by atoms with van der Waals surface area (Å²) in [5.74, 6) is 0. The minimum Gasteiger partial charge on any atom is -0.315 e. The largest absolute Gasteiger partial charge is 0.315 e. The Bertz CT molecular complexity index is 168. The van der Waals surface area contributed by atoms with Crippen molar-refractivity contribution in [2.24, 2.45) is 5.41 Å². The second kappa shape index (κ2) is 5.86. The van der Waals surface area contributed by atoms with Gasteiger partial charge in [-0.15, -0.1) is 0 Å². The predicted molar refractivity (Wildman–Crippen MR) is 69.3 cm³/mol. The van der Waals surface area contributed by atoms with Gasteiger partial charge in [0.2, 0.25) is 0 Å². The van der Waals surface area contributed by atoms with E-state index in [0.717, 1.165) is 0 Å². The summed E-state index contributed by atoms with van der Waals surface area (Å²) in [5.41, 5.74) is 0.342. The van der Waals surface area contributed by atoms with Crippen molar-refractivity contribution in [1.29, 1.82) is 0 Å². The van der Waals surface area contributed by atoms with Crippen molar-refractivity contribution < 1.29 is 0 Å². The van der Waals surface area contributed by atoms with Gasteiger partial charge in [0.25, 0.3) is 0 Å². The van der Waals surface area contributed by atoms with E-state index < -0.39 is 0 Å². The maximum absolute atomic E-state index is 3.40. The molecule has 0 spiro atoms. The van der Waals surface area contributed by atoms with Crippen molar-refractivity contribution in [3.63, 3.8) is 0 Å². The van der Waals surface area contributed by atoms with Crippen LogP contribution < -0.4 is 5.32 Å². The highest BCUT2D eigenvalue weighted by Crippen LogP contribution is 2.25. The van der Waals surface area contributed by atoms with Crippen molar-refractivity contribution in [3.05, 3.63) is 0 Å². The highest BCUT2D eigenvalue weighted by molar-refractivity contribution is 4.85. The maximum Gasteiger partial charge on any atom is 0.0220 e. The Morgan fingerprint density at radius 2 is 1.67 bits per heavy atom. The van der Waals surface area contributed by atoms with Gasteiger partial charge in [0.1, 0.15) is 0 Å². The summed E-state index contributed by atoms with van der Waals surface area (Å²) in [5, 5.41) is 3.40. The minimum absolute atomic E-state index is 0.342. The third kappa shape index (κ3) is 4.12. The van der Waals surface area contributed by atoms with Crippen LogP contribution >= 0.6 is 0 Å². The number of rotatable bonds is 5. The van der Waals surface area contributed by atoms with E-state index in [0.29, 0.717) is 23.5 Å². The summed E-state index contributed by atoms with van der Waals surface area (Å²) in [6, 6.07) is 1.75. The number of hydrogen-bond donors (Lipinski definition) is 1. The topological polar surface area (TPSA) is 15.3 Å². The summed E-state index contributed by atoms with van der Waals surface area (Å²) < 4.78 is 0. The zero-order valence-corrected chi connectivity index (χ0v) is 11.9. The van der Waals surface area contributed by atoms with Gasteiger partial charge in [0.05, 0.1) is 0 Å². The average molecular weight is 214 g/mol. The molecule has 15 heavy (non-hydrogen) atoms. The van der Waals surface area contributed by atoms with Crippen LogP contribution in [-0.4, -0.2) is 37.1 Å². The summed E-state index contributed by atoms with van der Waals surface area (Å²) in [6.07, 6.45) is 1.18. The van der Waals surface area contributed by atoms with E-state index in [-0.39, 0.29) is 0 Å². The highest BCUT2D eigenvalue weighted by atomic mass is 15.2. The molecule has 3 unspecified atom stereocenters. The summed E-state index contributed by atoms with van der Waals surface area (Å²) in [7, 11) is 4.29. The second-order valence-corrected chi connectivity index (χ2v) is 5.75. The molecule has 0 heterocycles. The third-order valence-corrected chi connectivity index (χ3v) is 3.90. The quantitative estimate of drug-likeness (QED) is 0.757. The first kappa shape index (κ1) is 14.9. The van der Waals surface area contributed by atoms with Gasteiger partial charge < -0.3 is 5.32 Å². The van der Waals surface area contributed by atoms with Crippen molar-refractivity contribution >= 4 is 0 Å². The van der Waals surface area contributed by atoms with Crippen LogP contribution in [0.1, 0.15) is 48.0 Å². The summed E-state index contributed by atoms with van der Waals surface area (Å²) in [4.78, 5) is 2.49. The fraction of sp³-hybridized carbons (Fsp3) is 1.00. The lowest BCUT2D eigenvalue weighted by Crippen LogP contribution is -2.51. The lowest BCUT2D eigenvalue weighted by molar-refractivity contribution is 0.0860. The standard InChI is InChI=1S/C13H30N2/c1-9-12(14-7)10(2)15(8)11(3)13(4,5)6/h10-12,14H,9H2,1-8H3. The first-order valence-corrected chi connectivity index (χ1v) is 6.14. The Labute approximate surface area is 96.4 Å². The molecule has 0 fully saturated rings. The first-order valence-electron chi connectivity index (χ1n) is 6.14. The molecule has 0 rings (SSSR count). The van der Waals surface area contributed by atoms with Crippen LogP contribution in [0.15, 0.2) is 0 Å². The molecule has 0 amide bonds. The van der Waals surface area contributed by atoms with Crippen molar-refractivity contribution in [3.8, 4) is 0 Å². The summed E-state index contributed by atoms with van der Waals surface area (Å²) >= 11 is 0. The van der Waals surface area contributed by atoms with Crippen LogP contribution in [0, 0.1) is 5.41 Å². The minimum atomic E-state index is 0.342. The molecule has 0 saturated carbocycles. The molecule has 0 radical (unpaired) electrons. The Morgan fingerprint density at radius 3 is 1.93 bits per heavy atom. The fourth-order valence-corrected chi connectivity index (χ4v) is 2.03. The fourth-order valence-electron chi connectivity index (χ4n) is 2.03. The van der Waals surface area contributed by atoms with Crippen LogP contribution in [-0.2, 0) is 0 Å². The molecule has 0 aromatic heterocycles. The van der Waals surface area contributed by atoms with E-state index in [2.05, 4.69) is 65.9 Å². The van der Waals surface area contributed by atoms with E-state index >= 15 is 0 Å². The van der Waals surface area contributed by atoms with Crippen LogP contribution in [0.3, 0.4) is 0 Å². The number of hydrogen-bond acceptors (Lipinski definition) is 2. The van der Waals surface area contributed by atoms with Gasteiger partial charge in [-0.25, -0.2) is 0 Å². The van der Waals surface area contributed by atoms with Crippen molar-refractivity contribution in [2.45, 2.75) is 66.1 Å².